The van der Waals surface area contributed by atoms with Crippen LogP contribution in [0.3, 0.4) is 0 Å². The number of imidazole rings is 1. The lowest BCUT2D eigenvalue weighted by molar-refractivity contribution is -0.670. The van der Waals surface area contributed by atoms with Gasteiger partial charge in [-0.2, -0.15) is 13.0 Å². The Kier molecular flexibility index (Phi) is 5.91. The molecule has 0 spiro atoms. The topological polar surface area (TPSA) is 91.1 Å². The second kappa shape index (κ2) is 7.75. The van der Waals surface area contributed by atoms with E-state index in [9.17, 15) is 13.0 Å². The number of hydrogen-bond donors (Lipinski definition) is 1. The maximum absolute atomic E-state index is 11.7. The summed E-state index contributed by atoms with van der Waals surface area (Å²) in [5.41, 5.74) is 1.70. The van der Waals surface area contributed by atoms with Gasteiger partial charge in [-0.1, -0.05) is 13.3 Å². The Labute approximate surface area is 148 Å². The molecule has 0 radical (unpaired) electrons. The minimum atomic E-state index is -4.24. The van der Waals surface area contributed by atoms with Crippen molar-refractivity contribution in [2.75, 3.05) is 19.0 Å². The Hall–Kier alpha value is -2.26. The van der Waals surface area contributed by atoms with Crippen LogP contribution in [-0.4, -0.2) is 31.6 Å². The van der Waals surface area contributed by atoms with Gasteiger partial charge in [0.2, 0.25) is 11.7 Å². The molecule has 136 valence electrons. The maximum Gasteiger partial charge on any atom is 0.307 e. The van der Waals surface area contributed by atoms with Crippen molar-refractivity contribution < 1.29 is 17.5 Å². The van der Waals surface area contributed by atoms with Crippen LogP contribution >= 0.6 is 0 Å². The van der Waals surface area contributed by atoms with Crippen molar-refractivity contribution in [1.29, 1.82) is 0 Å². The van der Waals surface area contributed by atoms with Crippen LogP contribution in [0.1, 0.15) is 25.1 Å². The Balaban J connectivity index is 2.33. The summed E-state index contributed by atoms with van der Waals surface area (Å²) in [6.07, 6.45) is 4.13. The van der Waals surface area contributed by atoms with Gasteiger partial charge in [0.05, 0.1) is 12.7 Å². The first-order valence-corrected chi connectivity index (χ1v) is 9.45. The summed E-state index contributed by atoms with van der Waals surface area (Å²) >= 11 is 0. The third kappa shape index (κ3) is 4.86. The van der Waals surface area contributed by atoms with E-state index in [0.29, 0.717) is 17.9 Å². The average molecular weight is 366 g/mol. The molecule has 1 unspecified atom stereocenters. The number of benzene rings is 1. The zero-order valence-corrected chi connectivity index (χ0v) is 15.7. The van der Waals surface area contributed by atoms with Gasteiger partial charge in [0.15, 0.2) is 6.20 Å². The number of nitrogens with zero attached hydrogens (tertiary/aromatic N) is 5. The molecule has 0 fully saturated rings. The van der Waals surface area contributed by atoms with Gasteiger partial charge in [-0.25, -0.2) is 4.57 Å². The Bertz CT molecular complexity index is 841. The van der Waals surface area contributed by atoms with Crippen molar-refractivity contribution in [2.24, 2.45) is 17.3 Å². The molecule has 8 nitrogen and oxygen atoms in total. The minimum absolute atomic E-state index is 0.285. The second-order valence-electron chi connectivity index (χ2n) is 6.04. The molecule has 0 bridgehead atoms. The standard InChI is InChI=1S/C16H23N5O3S/c1-5-6-16(25(22,23)24)21-12-20(4)11-15(21)18-17-13-7-9-14(10-8-13)19(2)3/h7-12,16H,5-6H2,1-4H3/p+1. The van der Waals surface area contributed by atoms with E-state index in [1.165, 1.54) is 4.57 Å². The van der Waals surface area contributed by atoms with Gasteiger partial charge in [-0.3, -0.25) is 4.55 Å². The Morgan fingerprint density at radius 3 is 2.40 bits per heavy atom. The summed E-state index contributed by atoms with van der Waals surface area (Å²) in [5.74, 6) is 0.357. The van der Waals surface area contributed by atoms with Crippen LogP contribution in [0.4, 0.5) is 17.2 Å². The molecule has 0 saturated heterocycles. The van der Waals surface area contributed by atoms with Crippen molar-refractivity contribution in [1.82, 2.24) is 4.57 Å². The second-order valence-corrected chi connectivity index (χ2v) is 7.62. The van der Waals surface area contributed by atoms with Crippen molar-refractivity contribution in [3.63, 3.8) is 0 Å². The molecule has 0 saturated carbocycles. The van der Waals surface area contributed by atoms with Crippen LogP contribution in [-0.2, 0) is 17.2 Å². The molecule has 0 aliphatic rings. The van der Waals surface area contributed by atoms with Gasteiger partial charge in [0.25, 0.3) is 5.82 Å². The first-order valence-electron chi connectivity index (χ1n) is 7.95. The summed E-state index contributed by atoms with van der Waals surface area (Å²) in [4.78, 5) is 1.98. The predicted octanol–water partition coefficient (Wildman–Crippen LogP) is 2.98. The third-order valence-electron chi connectivity index (χ3n) is 3.71. The zero-order valence-electron chi connectivity index (χ0n) is 14.9. The van der Waals surface area contributed by atoms with Crippen molar-refractivity contribution >= 4 is 27.3 Å². The van der Waals surface area contributed by atoms with Gasteiger partial charge >= 0.3 is 10.1 Å². The summed E-state index contributed by atoms with van der Waals surface area (Å²) in [5, 5.41) is 7.26. The number of hydrogen-bond acceptors (Lipinski definition) is 5. The molecule has 1 atom stereocenters. The number of anilines is 1. The summed E-state index contributed by atoms with van der Waals surface area (Å²) in [6.45, 7) is 1.86. The number of aryl methyl sites for hydroxylation is 1. The normalized spacial score (nSPS) is 13.3. The van der Waals surface area contributed by atoms with Crippen molar-refractivity contribution in [3.05, 3.63) is 36.8 Å². The first kappa shape index (κ1) is 19.1. The first-order chi connectivity index (χ1) is 11.7. The fourth-order valence-electron chi connectivity index (χ4n) is 2.44. The highest BCUT2D eigenvalue weighted by molar-refractivity contribution is 7.85. The molecule has 2 rings (SSSR count). The fraction of sp³-hybridized carbons (Fsp3) is 0.438. The van der Waals surface area contributed by atoms with Gasteiger partial charge in [0.1, 0.15) is 0 Å². The largest absolute Gasteiger partial charge is 0.378 e. The van der Waals surface area contributed by atoms with E-state index in [2.05, 4.69) is 10.2 Å². The molecule has 1 aromatic carbocycles. The van der Waals surface area contributed by atoms with Gasteiger partial charge in [-0.05, 0) is 24.3 Å². The maximum atomic E-state index is 11.7. The lowest BCUT2D eigenvalue weighted by Crippen LogP contribution is -2.26. The SMILES string of the molecule is CCCC(n1c[n+](C)cc1N=Nc1ccc(N(C)C)cc1)S(=O)(=O)O. The quantitative estimate of drug-likeness (QED) is 0.463. The van der Waals surface area contributed by atoms with Crippen LogP contribution in [0.2, 0.25) is 0 Å². The molecule has 25 heavy (non-hydrogen) atoms. The van der Waals surface area contributed by atoms with Crippen LogP contribution in [0.15, 0.2) is 47.0 Å². The smallest absolute Gasteiger partial charge is 0.307 e. The van der Waals surface area contributed by atoms with Gasteiger partial charge in [-0.15, -0.1) is 10.2 Å². The molecule has 1 N–H and O–H groups in total. The molecule has 0 aliphatic carbocycles. The molecule has 0 aliphatic heterocycles. The molecule has 2 aromatic rings. The average Bonchev–Trinajstić information content (AvgIpc) is 2.90. The lowest BCUT2D eigenvalue weighted by Gasteiger charge is -2.11. The summed E-state index contributed by atoms with van der Waals surface area (Å²) in [6, 6.07) is 7.51. The van der Waals surface area contributed by atoms with Crippen LogP contribution in [0, 0.1) is 0 Å². The lowest BCUT2D eigenvalue weighted by atomic mass is 10.3. The van der Waals surface area contributed by atoms with Crippen molar-refractivity contribution in [3.8, 4) is 0 Å². The van der Waals surface area contributed by atoms with Crippen molar-refractivity contribution in [2.45, 2.75) is 25.1 Å². The van der Waals surface area contributed by atoms with E-state index in [4.69, 9.17) is 0 Å². The summed E-state index contributed by atoms with van der Waals surface area (Å²) in [7, 11) is 1.42. The minimum Gasteiger partial charge on any atom is -0.378 e. The monoisotopic (exact) mass is 366 g/mol. The van der Waals surface area contributed by atoms with Gasteiger partial charge in [0, 0.05) is 26.2 Å². The Morgan fingerprint density at radius 1 is 1.24 bits per heavy atom. The van der Waals surface area contributed by atoms with Gasteiger partial charge < -0.3 is 4.90 Å². The van der Waals surface area contributed by atoms with E-state index in [-0.39, 0.29) is 6.42 Å². The Morgan fingerprint density at radius 2 is 1.88 bits per heavy atom. The zero-order chi connectivity index (χ0) is 18.6. The van der Waals surface area contributed by atoms with E-state index in [0.717, 1.165) is 5.69 Å². The third-order valence-corrected chi connectivity index (χ3v) is 4.86. The van der Waals surface area contributed by atoms with Crippen LogP contribution < -0.4 is 9.47 Å². The molecular weight excluding hydrogens is 342 g/mol. The van der Waals surface area contributed by atoms with Crippen LogP contribution in [0.5, 0.6) is 0 Å². The highest BCUT2D eigenvalue weighted by Crippen LogP contribution is 2.27. The highest BCUT2D eigenvalue weighted by atomic mass is 32.2. The van der Waals surface area contributed by atoms with E-state index >= 15 is 0 Å². The molecular formula is C16H24N5O3S+. The van der Waals surface area contributed by atoms with E-state index in [1.807, 2.05) is 50.2 Å². The van der Waals surface area contributed by atoms with E-state index in [1.54, 1.807) is 24.1 Å². The highest BCUT2D eigenvalue weighted by Gasteiger charge is 2.32. The fourth-order valence-corrected chi connectivity index (χ4v) is 3.42. The molecule has 1 aromatic heterocycles. The molecule has 1 heterocycles. The molecule has 0 amide bonds. The number of azo groups is 1. The summed E-state index contributed by atoms with van der Waals surface area (Å²) < 4.78 is 36.0. The molecule has 9 heteroatoms. The number of rotatable bonds is 7. The van der Waals surface area contributed by atoms with E-state index < -0.39 is 15.5 Å². The number of aromatic nitrogens is 2. The predicted molar refractivity (Wildman–Crippen MR) is 96.0 cm³/mol. The van der Waals surface area contributed by atoms with Crippen LogP contribution in [0.25, 0.3) is 0 Å².